The number of hydrogen-bond donors (Lipinski definition) is 2. The van der Waals surface area contributed by atoms with Gasteiger partial charge in [-0.25, -0.2) is 15.0 Å². The summed E-state index contributed by atoms with van der Waals surface area (Å²) in [5, 5.41) is 10.7. The van der Waals surface area contributed by atoms with Crippen molar-refractivity contribution in [1.82, 2.24) is 24.5 Å². The standard InChI is InChI=1S/C20H21N7O2/c28-10-9-27-13-24-17-11-14(1-2-15(17)20(27)29)25-5-7-26(8-6-25)19-16-3-4-21-18(16)22-12-23-19/h1-4,11-13,28H,5-10H2,(H,21,22,23). The van der Waals surface area contributed by atoms with Gasteiger partial charge in [-0.05, 0) is 24.3 Å². The Morgan fingerprint density at radius 3 is 2.66 bits per heavy atom. The van der Waals surface area contributed by atoms with E-state index in [1.807, 2.05) is 30.5 Å². The van der Waals surface area contributed by atoms with Crippen LogP contribution in [-0.2, 0) is 6.54 Å². The van der Waals surface area contributed by atoms with E-state index in [2.05, 4.69) is 29.7 Å². The van der Waals surface area contributed by atoms with Crippen LogP contribution in [0.4, 0.5) is 11.5 Å². The number of aromatic nitrogens is 5. The summed E-state index contributed by atoms with van der Waals surface area (Å²) in [5.41, 5.74) is 2.46. The largest absolute Gasteiger partial charge is 0.395 e. The topological polar surface area (TPSA) is 103 Å². The first-order valence-corrected chi connectivity index (χ1v) is 9.62. The molecule has 0 aliphatic carbocycles. The Kier molecular flexibility index (Phi) is 4.36. The van der Waals surface area contributed by atoms with Gasteiger partial charge in [-0.15, -0.1) is 0 Å². The molecule has 1 aliphatic rings. The second-order valence-corrected chi connectivity index (χ2v) is 7.08. The molecule has 9 nitrogen and oxygen atoms in total. The summed E-state index contributed by atoms with van der Waals surface area (Å²) in [6.07, 6.45) is 4.98. The number of aliphatic hydroxyl groups is 1. The minimum atomic E-state index is -0.125. The summed E-state index contributed by atoms with van der Waals surface area (Å²) in [6, 6.07) is 7.77. The molecule has 9 heteroatoms. The molecule has 0 unspecified atom stereocenters. The lowest BCUT2D eigenvalue weighted by molar-refractivity contribution is 0.274. The third kappa shape index (κ3) is 3.09. The highest BCUT2D eigenvalue weighted by Gasteiger charge is 2.21. The van der Waals surface area contributed by atoms with Crippen molar-refractivity contribution in [2.75, 3.05) is 42.6 Å². The third-order valence-corrected chi connectivity index (χ3v) is 5.43. The molecule has 148 valence electrons. The highest BCUT2D eigenvalue weighted by atomic mass is 16.3. The summed E-state index contributed by atoms with van der Waals surface area (Å²) in [6.45, 7) is 3.56. The van der Waals surface area contributed by atoms with Crippen molar-refractivity contribution in [3.8, 4) is 0 Å². The number of benzene rings is 1. The molecule has 4 heterocycles. The molecule has 2 N–H and O–H groups in total. The monoisotopic (exact) mass is 391 g/mol. The predicted molar refractivity (Wildman–Crippen MR) is 111 cm³/mol. The lowest BCUT2D eigenvalue weighted by Crippen LogP contribution is -2.46. The number of aliphatic hydroxyl groups excluding tert-OH is 1. The molecule has 1 fully saturated rings. The van der Waals surface area contributed by atoms with Gasteiger partial charge in [-0.2, -0.15) is 0 Å². The molecule has 0 radical (unpaired) electrons. The summed E-state index contributed by atoms with van der Waals surface area (Å²) in [5.74, 6) is 0.959. The van der Waals surface area contributed by atoms with Crippen LogP contribution in [0.2, 0.25) is 0 Å². The molecule has 1 aliphatic heterocycles. The Bertz CT molecular complexity index is 1220. The zero-order chi connectivity index (χ0) is 19.8. The van der Waals surface area contributed by atoms with Crippen LogP contribution in [0.3, 0.4) is 0 Å². The van der Waals surface area contributed by atoms with Crippen molar-refractivity contribution in [2.45, 2.75) is 6.54 Å². The Balaban J connectivity index is 1.36. The molecular formula is C20H21N7O2. The van der Waals surface area contributed by atoms with Crippen LogP contribution in [0.1, 0.15) is 0 Å². The fourth-order valence-electron chi connectivity index (χ4n) is 3.90. The number of nitrogens with zero attached hydrogens (tertiary/aromatic N) is 6. The number of hydrogen-bond acceptors (Lipinski definition) is 7. The van der Waals surface area contributed by atoms with Crippen LogP contribution < -0.4 is 15.4 Å². The van der Waals surface area contributed by atoms with Gasteiger partial charge >= 0.3 is 0 Å². The first-order chi connectivity index (χ1) is 14.2. The molecule has 1 aromatic carbocycles. The summed E-state index contributed by atoms with van der Waals surface area (Å²) in [7, 11) is 0. The number of nitrogens with one attached hydrogen (secondary N) is 1. The van der Waals surface area contributed by atoms with E-state index >= 15 is 0 Å². The SMILES string of the molecule is O=c1c2ccc(N3CCN(c4ncnc5[nH]ccc45)CC3)cc2ncn1CCO. The van der Waals surface area contributed by atoms with E-state index in [4.69, 9.17) is 5.11 Å². The molecule has 5 rings (SSSR count). The Hall–Kier alpha value is -3.46. The highest BCUT2D eigenvalue weighted by Crippen LogP contribution is 2.25. The van der Waals surface area contributed by atoms with E-state index in [9.17, 15) is 4.79 Å². The van der Waals surface area contributed by atoms with Crippen LogP contribution in [0, 0.1) is 0 Å². The average Bonchev–Trinajstić information content (AvgIpc) is 3.25. The fraction of sp³-hybridized carbons (Fsp3) is 0.300. The zero-order valence-corrected chi connectivity index (χ0v) is 15.8. The van der Waals surface area contributed by atoms with Gasteiger partial charge in [0.1, 0.15) is 17.8 Å². The zero-order valence-electron chi connectivity index (χ0n) is 15.8. The second-order valence-electron chi connectivity index (χ2n) is 7.08. The van der Waals surface area contributed by atoms with E-state index in [1.54, 1.807) is 6.33 Å². The summed E-state index contributed by atoms with van der Waals surface area (Å²) >= 11 is 0. The quantitative estimate of drug-likeness (QED) is 0.535. The molecule has 3 aromatic heterocycles. The van der Waals surface area contributed by atoms with Gasteiger partial charge < -0.3 is 19.9 Å². The Labute approximate surface area is 166 Å². The van der Waals surface area contributed by atoms with Crippen LogP contribution in [-0.4, -0.2) is 62.4 Å². The molecule has 29 heavy (non-hydrogen) atoms. The summed E-state index contributed by atoms with van der Waals surface area (Å²) < 4.78 is 1.43. The van der Waals surface area contributed by atoms with Gasteiger partial charge in [-0.3, -0.25) is 9.36 Å². The smallest absolute Gasteiger partial charge is 0.261 e. The van der Waals surface area contributed by atoms with Crippen molar-refractivity contribution in [3.05, 3.63) is 53.5 Å². The van der Waals surface area contributed by atoms with Gasteiger partial charge in [0, 0.05) is 38.1 Å². The molecule has 4 aromatic rings. The lowest BCUT2D eigenvalue weighted by Gasteiger charge is -2.37. The molecule has 0 bridgehead atoms. The number of rotatable bonds is 4. The maximum absolute atomic E-state index is 12.5. The fourth-order valence-corrected chi connectivity index (χ4v) is 3.90. The molecule has 0 amide bonds. The summed E-state index contributed by atoms with van der Waals surface area (Å²) in [4.78, 5) is 33.3. The number of anilines is 2. The number of piperazine rings is 1. The van der Waals surface area contributed by atoms with E-state index < -0.39 is 0 Å². The van der Waals surface area contributed by atoms with Crippen molar-refractivity contribution < 1.29 is 5.11 Å². The van der Waals surface area contributed by atoms with Gasteiger partial charge in [0.05, 0.1) is 35.8 Å². The maximum Gasteiger partial charge on any atom is 0.261 e. The van der Waals surface area contributed by atoms with Gasteiger partial charge in [0.25, 0.3) is 5.56 Å². The third-order valence-electron chi connectivity index (χ3n) is 5.43. The predicted octanol–water partition coefficient (Wildman–Crippen LogP) is 0.987. The first-order valence-electron chi connectivity index (χ1n) is 9.62. The Morgan fingerprint density at radius 1 is 1.00 bits per heavy atom. The van der Waals surface area contributed by atoms with Crippen molar-refractivity contribution >= 4 is 33.4 Å². The Morgan fingerprint density at radius 2 is 1.83 bits per heavy atom. The van der Waals surface area contributed by atoms with Crippen molar-refractivity contribution in [3.63, 3.8) is 0 Å². The first kappa shape index (κ1) is 17.6. The van der Waals surface area contributed by atoms with Gasteiger partial charge in [-0.1, -0.05) is 0 Å². The van der Waals surface area contributed by atoms with Crippen LogP contribution >= 0.6 is 0 Å². The van der Waals surface area contributed by atoms with Crippen molar-refractivity contribution in [2.24, 2.45) is 0 Å². The van der Waals surface area contributed by atoms with Crippen LogP contribution in [0.15, 0.2) is 47.9 Å². The highest BCUT2D eigenvalue weighted by molar-refractivity contribution is 5.87. The van der Waals surface area contributed by atoms with E-state index in [0.717, 1.165) is 48.7 Å². The minimum absolute atomic E-state index is 0.0865. The van der Waals surface area contributed by atoms with Gasteiger partial charge in [0.2, 0.25) is 0 Å². The second kappa shape index (κ2) is 7.17. The molecule has 0 atom stereocenters. The van der Waals surface area contributed by atoms with E-state index in [-0.39, 0.29) is 18.7 Å². The lowest BCUT2D eigenvalue weighted by atomic mass is 10.2. The van der Waals surface area contributed by atoms with E-state index in [0.29, 0.717) is 10.9 Å². The number of aromatic amines is 1. The molecule has 1 saturated heterocycles. The van der Waals surface area contributed by atoms with Crippen LogP contribution in [0.25, 0.3) is 21.9 Å². The normalized spacial score (nSPS) is 14.8. The van der Waals surface area contributed by atoms with Crippen molar-refractivity contribution in [1.29, 1.82) is 0 Å². The van der Waals surface area contributed by atoms with E-state index in [1.165, 1.54) is 10.9 Å². The maximum atomic E-state index is 12.5. The molecule has 0 spiro atoms. The van der Waals surface area contributed by atoms with Crippen LogP contribution in [0.5, 0.6) is 0 Å². The molecule has 0 saturated carbocycles. The number of fused-ring (bicyclic) bond motifs is 2. The number of H-pyrrole nitrogens is 1. The average molecular weight is 391 g/mol. The minimum Gasteiger partial charge on any atom is -0.395 e. The van der Waals surface area contributed by atoms with Gasteiger partial charge in [0.15, 0.2) is 0 Å². The molecular weight excluding hydrogens is 370 g/mol.